The first kappa shape index (κ1) is 16.5. The number of hydrogen-bond donors (Lipinski definition) is 1. The van der Waals surface area contributed by atoms with E-state index in [1.54, 1.807) is 18.7 Å². The molecule has 0 fully saturated rings. The van der Waals surface area contributed by atoms with E-state index in [4.69, 9.17) is 4.52 Å². The Balaban J connectivity index is 2.05. The van der Waals surface area contributed by atoms with E-state index < -0.39 is 6.10 Å². The Morgan fingerprint density at radius 3 is 2.62 bits per heavy atom. The molecule has 21 heavy (non-hydrogen) atoms. The Hall–Kier alpha value is -0.850. The molecule has 1 heterocycles. The second-order valence-electron chi connectivity index (χ2n) is 5.28. The maximum absolute atomic E-state index is 9.85. The zero-order valence-corrected chi connectivity index (χ0v) is 14.7. The molecule has 0 saturated heterocycles. The van der Waals surface area contributed by atoms with Gasteiger partial charge in [-0.25, -0.2) is 0 Å². The number of thioether (sulfide) groups is 1. The summed E-state index contributed by atoms with van der Waals surface area (Å²) in [5.74, 6) is 1.92. The lowest BCUT2D eigenvalue weighted by Gasteiger charge is -2.19. The Morgan fingerprint density at radius 1 is 1.29 bits per heavy atom. The zero-order valence-electron chi connectivity index (χ0n) is 12.3. The van der Waals surface area contributed by atoms with E-state index in [0.29, 0.717) is 17.5 Å². The van der Waals surface area contributed by atoms with Crippen molar-refractivity contribution < 1.29 is 9.63 Å². The fourth-order valence-corrected chi connectivity index (χ4v) is 3.62. The molecule has 4 nitrogen and oxygen atoms in total. The Bertz CT molecular complexity index is 579. The van der Waals surface area contributed by atoms with Crippen molar-refractivity contribution in [1.29, 1.82) is 0 Å². The van der Waals surface area contributed by atoms with Gasteiger partial charge < -0.3 is 9.63 Å². The van der Waals surface area contributed by atoms with Gasteiger partial charge in [-0.15, -0.1) is 11.8 Å². The van der Waals surface area contributed by atoms with Gasteiger partial charge in [0.2, 0.25) is 5.89 Å². The van der Waals surface area contributed by atoms with E-state index in [1.165, 1.54) is 0 Å². The molecule has 2 unspecified atom stereocenters. The number of halogens is 1. The molecule has 0 aliphatic rings. The number of rotatable bonds is 6. The van der Waals surface area contributed by atoms with Crippen LogP contribution in [0.15, 0.2) is 38.2 Å². The number of aliphatic hydroxyl groups is 1. The fourth-order valence-electron chi connectivity index (χ4n) is 2.21. The molecule has 114 valence electrons. The summed E-state index contributed by atoms with van der Waals surface area (Å²) in [6.45, 7) is 5.83. The van der Waals surface area contributed by atoms with Gasteiger partial charge in [-0.1, -0.05) is 31.1 Å². The lowest BCUT2D eigenvalue weighted by Crippen LogP contribution is -2.20. The quantitative estimate of drug-likeness (QED) is 0.770. The van der Waals surface area contributed by atoms with E-state index in [9.17, 15) is 5.11 Å². The van der Waals surface area contributed by atoms with E-state index in [1.807, 2.05) is 38.1 Å². The van der Waals surface area contributed by atoms with E-state index in [-0.39, 0.29) is 11.8 Å². The standard InChI is InChI=1S/C15H19BrN2O2S/c1-9(2)14(10(3)19)15-17-13(18-20-15)8-21-12-7-5-4-6-11(12)16/h4-7,9-10,14,19H,8H2,1-3H3. The summed E-state index contributed by atoms with van der Waals surface area (Å²) in [5.41, 5.74) is 0. The van der Waals surface area contributed by atoms with Crippen molar-refractivity contribution in [3.63, 3.8) is 0 Å². The van der Waals surface area contributed by atoms with E-state index in [0.717, 1.165) is 9.37 Å². The molecule has 0 saturated carbocycles. The van der Waals surface area contributed by atoms with Crippen LogP contribution in [0.1, 0.15) is 38.4 Å². The van der Waals surface area contributed by atoms with E-state index in [2.05, 4.69) is 26.1 Å². The normalized spacial score (nSPS) is 14.4. The summed E-state index contributed by atoms with van der Waals surface area (Å²) in [4.78, 5) is 5.56. The number of aromatic nitrogens is 2. The lowest BCUT2D eigenvalue weighted by molar-refractivity contribution is 0.120. The average Bonchev–Trinajstić information content (AvgIpc) is 2.85. The molecular weight excluding hydrogens is 352 g/mol. The molecule has 0 bridgehead atoms. The molecule has 2 rings (SSSR count). The summed E-state index contributed by atoms with van der Waals surface area (Å²) < 4.78 is 6.38. The molecule has 0 radical (unpaired) electrons. The molecule has 1 aromatic carbocycles. The Morgan fingerprint density at radius 2 is 2.00 bits per heavy atom. The SMILES string of the molecule is CC(C)C(c1nc(CSc2ccccc2Br)no1)C(C)O. The van der Waals surface area contributed by atoms with Crippen molar-refractivity contribution in [2.24, 2.45) is 5.92 Å². The summed E-state index contributed by atoms with van der Waals surface area (Å²) >= 11 is 5.17. The zero-order chi connectivity index (χ0) is 15.4. The third kappa shape index (κ3) is 4.31. The smallest absolute Gasteiger partial charge is 0.232 e. The van der Waals surface area contributed by atoms with Crippen molar-refractivity contribution in [3.05, 3.63) is 40.5 Å². The molecule has 1 aromatic heterocycles. The third-order valence-electron chi connectivity index (χ3n) is 3.20. The van der Waals surface area contributed by atoms with Crippen molar-refractivity contribution >= 4 is 27.7 Å². The van der Waals surface area contributed by atoms with Gasteiger partial charge in [0.15, 0.2) is 5.82 Å². The van der Waals surface area contributed by atoms with Crippen LogP contribution in [0.5, 0.6) is 0 Å². The highest BCUT2D eigenvalue weighted by molar-refractivity contribution is 9.10. The summed E-state index contributed by atoms with van der Waals surface area (Å²) in [5, 5.41) is 13.9. The van der Waals surface area contributed by atoms with Crippen LogP contribution in [-0.4, -0.2) is 21.4 Å². The molecule has 0 amide bonds. The van der Waals surface area contributed by atoms with Gasteiger partial charge in [-0.2, -0.15) is 4.98 Å². The van der Waals surface area contributed by atoms with Crippen LogP contribution in [0, 0.1) is 5.92 Å². The summed E-state index contributed by atoms with van der Waals surface area (Å²) in [7, 11) is 0. The molecule has 6 heteroatoms. The molecular formula is C15H19BrN2O2S. The predicted octanol–water partition coefficient (Wildman–Crippen LogP) is 4.24. The van der Waals surface area contributed by atoms with Gasteiger partial charge in [0.05, 0.1) is 17.8 Å². The van der Waals surface area contributed by atoms with Crippen molar-refractivity contribution in [2.75, 3.05) is 0 Å². The van der Waals surface area contributed by atoms with Gasteiger partial charge in [0.25, 0.3) is 0 Å². The topological polar surface area (TPSA) is 59.2 Å². The van der Waals surface area contributed by atoms with E-state index >= 15 is 0 Å². The predicted molar refractivity (Wildman–Crippen MR) is 87.3 cm³/mol. The van der Waals surface area contributed by atoms with Crippen LogP contribution in [0.25, 0.3) is 0 Å². The van der Waals surface area contributed by atoms with Crippen LogP contribution in [0.2, 0.25) is 0 Å². The first-order chi connectivity index (χ1) is 9.99. The third-order valence-corrected chi connectivity index (χ3v) is 5.22. The van der Waals surface area contributed by atoms with Crippen LogP contribution in [-0.2, 0) is 5.75 Å². The average molecular weight is 371 g/mol. The summed E-state index contributed by atoms with van der Waals surface area (Å²) in [6, 6.07) is 8.03. The van der Waals surface area contributed by atoms with Gasteiger partial charge in [0, 0.05) is 9.37 Å². The van der Waals surface area contributed by atoms with Crippen LogP contribution < -0.4 is 0 Å². The minimum Gasteiger partial charge on any atom is -0.393 e. The first-order valence-electron chi connectivity index (χ1n) is 6.87. The van der Waals surface area contributed by atoms with Crippen molar-refractivity contribution in [1.82, 2.24) is 10.1 Å². The summed E-state index contributed by atoms with van der Waals surface area (Å²) in [6.07, 6.45) is -0.505. The Labute approximate surface area is 137 Å². The number of benzene rings is 1. The second-order valence-corrected chi connectivity index (χ2v) is 7.15. The Kier molecular flexibility index (Phi) is 5.84. The van der Waals surface area contributed by atoms with Crippen molar-refractivity contribution in [3.8, 4) is 0 Å². The number of aliphatic hydroxyl groups excluding tert-OH is 1. The van der Waals surface area contributed by atoms with Gasteiger partial charge in [-0.3, -0.25) is 0 Å². The highest BCUT2D eigenvalue weighted by atomic mass is 79.9. The largest absolute Gasteiger partial charge is 0.393 e. The first-order valence-corrected chi connectivity index (χ1v) is 8.64. The van der Waals surface area contributed by atoms with Gasteiger partial charge in [-0.05, 0) is 40.9 Å². The van der Waals surface area contributed by atoms with Gasteiger partial charge in [0.1, 0.15) is 0 Å². The number of hydrogen-bond acceptors (Lipinski definition) is 5. The van der Waals surface area contributed by atoms with Gasteiger partial charge >= 0.3 is 0 Å². The van der Waals surface area contributed by atoms with Crippen LogP contribution >= 0.6 is 27.7 Å². The molecule has 0 spiro atoms. The number of nitrogens with zero attached hydrogens (tertiary/aromatic N) is 2. The molecule has 2 atom stereocenters. The molecule has 1 N–H and O–H groups in total. The minimum atomic E-state index is -0.505. The second kappa shape index (κ2) is 7.42. The monoisotopic (exact) mass is 370 g/mol. The van der Waals surface area contributed by atoms with Crippen LogP contribution in [0.4, 0.5) is 0 Å². The molecule has 2 aromatic rings. The minimum absolute atomic E-state index is 0.125. The molecule has 0 aliphatic carbocycles. The highest BCUT2D eigenvalue weighted by Gasteiger charge is 2.27. The maximum Gasteiger partial charge on any atom is 0.232 e. The molecule has 0 aliphatic heterocycles. The van der Waals surface area contributed by atoms with Crippen LogP contribution in [0.3, 0.4) is 0 Å². The highest BCUT2D eigenvalue weighted by Crippen LogP contribution is 2.30. The maximum atomic E-state index is 9.85. The lowest BCUT2D eigenvalue weighted by atomic mass is 9.91. The fraction of sp³-hybridized carbons (Fsp3) is 0.467. The van der Waals surface area contributed by atoms with Crippen molar-refractivity contribution in [2.45, 2.75) is 43.4 Å².